The summed E-state index contributed by atoms with van der Waals surface area (Å²) in [5, 5.41) is 20.1. The van der Waals surface area contributed by atoms with Crippen molar-refractivity contribution in [3.63, 3.8) is 0 Å². The Morgan fingerprint density at radius 3 is 2.85 bits per heavy atom. The molecule has 1 aromatic carbocycles. The van der Waals surface area contributed by atoms with Crippen LogP contribution in [-0.4, -0.2) is 34.9 Å². The summed E-state index contributed by atoms with van der Waals surface area (Å²) in [5.41, 5.74) is -0.331. The van der Waals surface area contributed by atoms with Gasteiger partial charge in [0.25, 0.3) is 5.69 Å². The van der Waals surface area contributed by atoms with Crippen LogP contribution in [0, 0.1) is 15.9 Å². The lowest BCUT2D eigenvalue weighted by Crippen LogP contribution is -2.55. The highest BCUT2D eigenvalue weighted by Gasteiger charge is 2.43. The third-order valence-electron chi connectivity index (χ3n) is 3.14. The Balaban J connectivity index is 2.01. The second kappa shape index (κ2) is 6.15. The van der Waals surface area contributed by atoms with Crippen molar-refractivity contribution in [1.29, 1.82) is 0 Å². The average molecular weight is 285 g/mol. The summed E-state index contributed by atoms with van der Waals surface area (Å²) in [7, 11) is 0. The van der Waals surface area contributed by atoms with E-state index in [1.165, 1.54) is 12.1 Å². The average Bonchev–Trinajstić information content (AvgIpc) is 2.40. The van der Waals surface area contributed by atoms with Gasteiger partial charge in [-0.3, -0.25) is 10.1 Å². The zero-order valence-electron chi connectivity index (χ0n) is 11.0. The molecule has 3 atom stereocenters. The summed E-state index contributed by atoms with van der Waals surface area (Å²) in [6, 6.07) is 3.21. The molecule has 0 saturated heterocycles. The zero-order valence-corrected chi connectivity index (χ0v) is 11.0. The number of nitrogens with zero attached hydrogens (tertiary/aromatic N) is 1. The van der Waals surface area contributed by atoms with Crippen molar-refractivity contribution in [2.45, 2.75) is 38.1 Å². The van der Waals surface area contributed by atoms with Gasteiger partial charge in [0.1, 0.15) is 12.2 Å². The molecule has 0 radical (unpaired) electrons. The Hall–Kier alpha value is -1.73. The summed E-state index contributed by atoms with van der Waals surface area (Å²) >= 11 is 0. The van der Waals surface area contributed by atoms with E-state index in [1.54, 1.807) is 0 Å². The first kappa shape index (κ1) is 14.7. The van der Waals surface area contributed by atoms with Crippen LogP contribution in [0.5, 0.6) is 5.75 Å². The van der Waals surface area contributed by atoms with E-state index < -0.39 is 29.1 Å². The molecule has 1 aliphatic rings. The molecule has 0 heterocycles. The van der Waals surface area contributed by atoms with Crippen molar-refractivity contribution in [2.24, 2.45) is 0 Å². The molecule has 1 fully saturated rings. The largest absolute Gasteiger partial charge is 0.484 e. The van der Waals surface area contributed by atoms with E-state index in [1.807, 2.05) is 6.92 Å². The summed E-state index contributed by atoms with van der Waals surface area (Å²) in [5.74, 6) is -0.868. The number of non-ortho nitro benzene ring substituents is 1. The molecule has 0 spiro atoms. The van der Waals surface area contributed by atoms with Crippen molar-refractivity contribution >= 4 is 5.69 Å². The first-order valence-corrected chi connectivity index (χ1v) is 6.43. The Kier molecular flexibility index (Phi) is 4.51. The van der Waals surface area contributed by atoms with Crippen molar-refractivity contribution < 1.29 is 23.9 Å². The summed E-state index contributed by atoms with van der Waals surface area (Å²) < 4.78 is 24.5. The Morgan fingerprint density at radius 2 is 2.30 bits per heavy atom. The SMILES string of the molecule is CCCOC1C(O)CC1Oc1ccc([N+](=O)[O-])cc1F. The quantitative estimate of drug-likeness (QED) is 0.639. The Labute approximate surface area is 115 Å². The molecule has 2 rings (SSSR count). The van der Waals surface area contributed by atoms with Gasteiger partial charge in [0.15, 0.2) is 11.6 Å². The highest BCUT2D eigenvalue weighted by Crippen LogP contribution is 2.31. The van der Waals surface area contributed by atoms with Gasteiger partial charge in [-0.1, -0.05) is 6.92 Å². The van der Waals surface area contributed by atoms with E-state index in [2.05, 4.69) is 0 Å². The van der Waals surface area contributed by atoms with Gasteiger partial charge >= 0.3 is 0 Å². The lowest BCUT2D eigenvalue weighted by atomic mass is 9.88. The molecule has 1 saturated carbocycles. The van der Waals surface area contributed by atoms with E-state index >= 15 is 0 Å². The van der Waals surface area contributed by atoms with Gasteiger partial charge < -0.3 is 14.6 Å². The van der Waals surface area contributed by atoms with Crippen LogP contribution in [-0.2, 0) is 4.74 Å². The van der Waals surface area contributed by atoms with Crippen LogP contribution in [0.4, 0.5) is 10.1 Å². The molecule has 7 heteroatoms. The second-order valence-corrected chi connectivity index (χ2v) is 4.67. The number of aliphatic hydroxyl groups is 1. The van der Waals surface area contributed by atoms with E-state index in [9.17, 15) is 19.6 Å². The number of benzene rings is 1. The van der Waals surface area contributed by atoms with Crippen LogP contribution >= 0.6 is 0 Å². The number of hydrogen-bond acceptors (Lipinski definition) is 5. The van der Waals surface area contributed by atoms with Gasteiger partial charge in [0.2, 0.25) is 0 Å². The molecule has 0 amide bonds. The van der Waals surface area contributed by atoms with E-state index in [4.69, 9.17) is 9.47 Å². The minimum absolute atomic E-state index is 0.0717. The molecule has 0 aromatic heterocycles. The number of rotatable bonds is 6. The molecule has 110 valence electrons. The molecule has 1 N–H and O–H groups in total. The minimum Gasteiger partial charge on any atom is -0.484 e. The number of aliphatic hydroxyl groups excluding tert-OH is 1. The maximum absolute atomic E-state index is 13.7. The van der Waals surface area contributed by atoms with Crippen molar-refractivity contribution in [3.05, 3.63) is 34.1 Å². The first-order valence-electron chi connectivity index (χ1n) is 6.43. The van der Waals surface area contributed by atoms with E-state index in [0.717, 1.165) is 12.5 Å². The summed E-state index contributed by atoms with van der Waals surface area (Å²) in [4.78, 5) is 9.84. The number of nitro groups is 1. The smallest absolute Gasteiger partial charge is 0.272 e. The van der Waals surface area contributed by atoms with Crippen LogP contribution < -0.4 is 4.74 Å². The fraction of sp³-hybridized carbons (Fsp3) is 0.538. The Bertz CT molecular complexity index is 496. The normalized spacial score (nSPS) is 25.1. The van der Waals surface area contributed by atoms with Crippen LogP contribution in [0.15, 0.2) is 18.2 Å². The van der Waals surface area contributed by atoms with Gasteiger partial charge in [0, 0.05) is 19.1 Å². The number of hydrogen-bond donors (Lipinski definition) is 1. The fourth-order valence-corrected chi connectivity index (χ4v) is 2.01. The number of ether oxygens (including phenoxy) is 2. The highest BCUT2D eigenvalue weighted by molar-refractivity contribution is 5.37. The first-order chi connectivity index (χ1) is 9.52. The third kappa shape index (κ3) is 3.05. The molecule has 1 aromatic rings. The lowest BCUT2D eigenvalue weighted by molar-refractivity contribution is -0.385. The monoisotopic (exact) mass is 285 g/mol. The zero-order chi connectivity index (χ0) is 14.7. The predicted octanol–water partition coefficient (Wildman–Crippen LogP) is 2.04. The number of halogens is 1. The van der Waals surface area contributed by atoms with Crippen molar-refractivity contribution in [1.82, 2.24) is 0 Å². The Morgan fingerprint density at radius 1 is 1.55 bits per heavy atom. The summed E-state index contributed by atoms with van der Waals surface area (Å²) in [6.45, 7) is 2.43. The standard InChI is InChI=1S/C13H16FNO5/c1-2-5-19-13-10(16)7-12(13)20-11-4-3-8(15(17)18)6-9(11)14/h3-4,6,10,12-13,16H,2,5,7H2,1H3. The van der Waals surface area contributed by atoms with Crippen LogP contribution in [0.2, 0.25) is 0 Å². The van der Waals surface area contributed by atoms with Gasteiger partial charge in [-0.05, 0) is 12.5 Å². The maximum atomic E-state index is 13.7. The molecule has 1 aliphatic carbocycles. The van der Waals surface area contributed by atoms with Gasteiger partial charge in [-0.25, -0.2) is 4.39 Å². The van der Waals surface area contributed by atoms with Crippen molar-refractivity contribution in [3.8, 4) is 5.75 Å². The minimum atomic E-state index is -0.796. The van der Waals surface area contributed by atoms with Crippen molar-refractivity contribution in [2.75, 3.05) is 6.61 Å². The molecule has 0 aliphatic heterocycles. The highest BCUT2D eigenvalue weighted by atomic mass is 19.1. The molecule has 6 nitrogen and oxygen atoms in total. The van der Waals surface area contributed by atoms with Gasteiger partial charge in [-0.15, -0.1) is 0 Å². The van der Waals surface area contributed by atoms with Gasteiger partial charge in [-0.2, -0.15) is 0 Å². The second-order valence-electron chi connectivity index (χ2n) is 4.67. The molecule has 20 heavy (non-hydrogen) atoms. The van der Waals surface area contributed by atoms with Crippen LogP contribution in [0.3, 0.4) is 0 Å². The maximum Gasteiger partial charge on any atom is 0.272 e. The fourth-order valence-electron chi connectivity index (χ4n) is 2.01. The van der Waals surface area contributed by atoms with Crippen LogP contribution in [0.1, 0.15) is 19.8 Å². The topological polar surface area (TPSA) is 81.8 Å². The third-order valence-corrected chi connectivity index (χ3v) is 3.14. The van der Waals surface area contributed by atoms with Crippen LogP contribution in [0.25, 0.3) is 0 Å². The molecule has 0 bridgehead atoms. The van der Waals surface area contributed by atoms with E-state index in [-0.39, 0.29) is 11.4 Å². The van der Waals surface area contributed by atoms with Gasteiger partial charge in [0.05, 0.1) is 17.1 Å². The molecular weight excluding hydrogens is 269 g/mol. The predicted molar refractivity (Wildman–Crippen MR) is 68.1 cm³/mol. The molecule has 3 unspecified atom stereocenters. The van der Waals surface area contributed by atoms with E-state index in [0.29, 0.717) is 13.0 Å². The summed E-state index contributed by atoms with van der Waals surface area (Å²) in [6.07, 6.45) is -0.378. The lowest BCUT2D eigenvalue weighted by Gasteiger charge is -2.40. The molecular formula is C13H16FNO5. The number of nitro benzene ring substituents is 1.